The van der Waals surface area contributed by atoms with Crippen LogP contribution in [0.15, 0.2) is 24.3 Å². The zero-order chi connectivity index (χ0) is 13.0. The van der Waals surface area contributed by atoms with Crippen molar-refractivity contribution in [1.29, 1.82) is 0 Å². The minimum absolute atomic E-state index is 0.535. The maximum Gasteiger partial charge on any atom is 0.407 e. The molecule has 2 rings (SSSR count). The number of ether oxygens (including phenoxy) is 1. The molecule has 0 radical (unpaired) electrons. The Morgan fingerprint density at radius 1 is 1.22 bits per heavy atom. The molecule has 0 aliphatic carbocycles. The summed E-state index contributed by atoms with van der Waals surface area (Å²) in [5.41, 5.74) is 1.03. The van der Waals surface area contributed by atoms with E-state index in [1.54, 1.807) is 7.11 Å². The Hall–Kier alpha value is -1.91. The van der Waals surface area contributed by atoms with Crippen LogP contribution in [0.25, 0.3) is 0 Å². The van der Waals surface area contributed by atoms with Crippen molar-refractivity contribution in [3.05, 3.63) is 24.3 Å². The van der Waals surface area contributed by atoms with E-state index in [2.05, 4.69) is 4.90 Å². The summed E-state index contributed by atoms with van der Waals surface area (Å²) >= 11 is 0. The summed E-state index contributed by atoms with van der Waals surface area (Å²) in [6.45, 7) is 2.69. The van der Waals surface area contributed by atoms with Gasteiger partial charge < -0.3 is 19.6 Å². The van der Waals surface area contributed by atoms with Gasteiger partial charge in [0.05, 0.1) is 12.8 Å². The maximum atomic E-state index is 11.0. The number of benzene rings is 1. The lowest BCUT2D eigenvalue weighted by Crippen LogP contribution is -2.34. The summed E-state index contributed by atoms with van der Waals surface area (Å²) in [6.07, 6.45) is 0.00142. The van der Waals surface area contributed by atoms with Gasteiger partial charge in [0.1, 0.15) is 5.75 Å². The van der Waals surface area contributed by atoms with E-state index >= 15 is 0 Å². The number of carbonyl (C=O) groups is 1. The smallest absolute Gasteiger partial charge is 0.407 e. The van der Waals surface area contributed by atoms with Crippen LogP contribution >= 0.6 is 0 Å². The summed E-state index contributed by atoms with van der Waals surface area (Å²) in [5.74, 6) is 0.835. The third-order valence-electron chi connectivity index (χ3n) is 3.19. The minimum Gasteiger partial charge on any atom is -0.495 e. The molecule has 1 N–H and O–H groups in total. The number of anilines is 1. The Bertz CT molecular complexity index is 422. The quantitative estimate of drug-likeness (QED) is 0.870. The van der Waals surface area contributed by atoms with Crippen molar-refractivity contribution >= 4 is 11.8 Å². The fraction of sp³-hybridized carbons (Fsp3) is 0.462. The highest BCUT2D eigenvalue weighted by Crippen LogP contribution is 2.28. The Labute approximate surface area is 107 Å². The number of amides is 1. The Balaban J connectivity index is 2.12. The molecule has 0 unspecified atom stereocenters. The Morgan fingerprint density at radius 3 is 2.72 bits per heavy atom. The van der Waals surface area contributed by atoms with Crippen molar-refractivity contribution in [3.63, 3.8) is 0 Å². The first-order valence-electron chi connectivity index (χ1n) is 6.08. The standard InChI is InChI=1S/C13H18N2O3/c1-18-12-6-3-2-5-11(12)14-7-4-8-15(10-9-14)13(16)17/h2-3,5-6H,4,7-10H2,1H3,(H,16,17). The zero-order valence-electron chi connectivity index (χ0n) is 10.5. The molecule has 5 heteroatoms. The van der Waals surface area contributed by atoms with Crippen molar-refractivity contribution in [2.45, 2.75) is 6.42 Å². The fourth-order valence-electron chi connectivity index (χ4n) is 2.24. The molecule has 1 aromatic rings. The van der Waals surface area contributed by atoms with E-state index in [1.807, 2.05) is 24.3 Å². The molecule has 0 bridgehead atoms. The van der Waals surface area contributed by atoms with Gasteiger partial charge in [-0.3, -0.25) is 0 Å². The first-order valence-corrected chi connectivity index (χ1v) is 6.08. The van der Waals surface area contributed by atoms with Gasteiger partial charge >= 0.3 is 6.09 Å². The average Bonchev–Trinajstić information content (AvgIpc) is 2.64. The summed E-state index contributed by atoms with van der Waals surface area (Å²) in [4.78, 5) is 14.6. The van der Waals surface area contributed by atoms with E-state index in [0.29, 0.717) is 19.6 Å². The average molecular weight is 250 g/mol. The highest BCUT2D eigenvalue weighted by molar-refractivity contribution is 5.65. The molecule has 5 nitrogen and oxygen atoms in total. The van der Waals surface area contributed by atoms with Gasteiger partial charge in [-0.1, -0.05) is 12.1 Å². The summed E-state index contributed by atoms with van der Waals surface area (Å²) in [7, 11) is 1.65. The van der Waals surface area contributed by atoms with Gasteiger partial charge in [-0.15, -0.1) is 0 Å². The number of rotatable bonds is 2. The predicted molar refractivity (Wildman–Crippen MR) is 69.4 cm³/mol. The minimum atomic E-state index is -0.836. The van der Waals surface area contributed by atoms with Crippen molar-refractivity contribution in [2.75, 3.05) is 38.2 Å². The second-order valence-corrected chi connectivity index (χ2v) is 4.28. The van der Waals surface area contributed by atoms with Crippen LogP contribution in [-0.4, -0.2) is 49.4 Å². The third-order valence-corrected chi connectivity index (χ3v) is 3.19. The molecule has 18 heavy (non-hydrogen) atoms. The highest BCUT2D eigenvalue weighted by atomic mass is 16.5. The number of methoxy groups -OCH3 is 1. The molecule has 1 aromatic carbocycles. The molecule has 1 heterocycles. The number of carboxylic acid groups (broad SMARTS) is 1. The van der Waals surface area contributed by atoms with Crippen LogP contribution in [0.3, 0.4) is 0 Å². The molecule has 98 valence electrons. The van der Waals surface area contributed by atoms with Crippen LogP contribution < -0.4 is 9.64 Å². The molecule has 1 amide bonds. The lowest BCUT2D eigenvalue weighted by Gasteiger charge is -2.24. The van der Waals surface area contributed by atoms with E-state index < -0.39 is 6.09 Å². The molecule has 0 atom stereocenters. The molecule has 1 aliphatic rings. The van der Waals surface area contributed by atoms with E-state index in [4.69, 9.17) is 9.84 Å². The highest BCUT2D eigenvalue weighted by Gasteiger charge is 2.19. The van der Waals surface area contributed by atoms with Gasteiger partial charge in [0, 0.05) is 26.2 Å². The van der Waals surface area contributed by atoms with Crippen LogP contribution in [-0.2, 0) is 0 Å². The molecule has 1 fully saturated rings. The molecule has 0 saturated carbocycles. The van der Waals surface area contributed by atoms with Gasteiger partial charge in [0.15, 0.2) is 0 Å². The third kappa shape index (κ3) is 2.67. The van der Waals surface area contributed by atoms with Crippen LogP contribution in [0.5, 0.6) is 5.75 Å². The largest absolute Gasteiger partial charge is 0.495 e. The summed E-state index contributed by atoms with van der Waals surface area (Å²) < 4.78 is 5.34. The molecule has 1 aliphatic heterocycles. The van der Waals surface area contributed by atoms with E-state index in [-0.39, 0.29) is 0 Å². The van der Waals surface area contributed by atoms with Crippen LogP contribution in [0.2, 0.25) is 0 Å². The lowest BCUT2D eigenvalue weighted by molar-refractivity contribution is 0.148. The second-order valence-electron chi connectivity index (χ2n) is 4.28. The molecule has 1 saturated heterocycles. The first-order chi connectivity index (χ1) is 8.72. The van der Waals surface area contributed by atoms with Crippen molar-refractivity contribution in [3.8, 4) is 5.75 Å². The fourth-order valence-corrected chi connectivity index (χ4v) is 2.24. The monoisotopic (exact) mass is 250 g/mol. The number of para-hydroxylation sites is 2. The topological polar surface area (TPSA) is 53.0 Å². The van der Waals surface area contributed by atoms with Gasteiger partial charge in [-0.25, -0.2) is 4.79 Å². The SMILES string of the molecule is COc1ccccc1N1CCCN(C(=O)O)CC1. The van der Waals surface area contributed by atoms with Crippen molar-refractivity contribution in [1.82, 2.24) is 4.90 Å². The molecular formula is C13H18N2O3. The normalized spacial score (nSPS) is 16.3. The lowest BCUT2D eigenvalue weighted by atomic mass is 10.2. The van der Waals surface area contributed by atoms with Crippen LogP contribution in [0, 0.1) is 0 Å². The second kappa shape index (κ2) is 5.62. The molecule has 0 spiro atoms. The van der Waals surface area contributed by atoms with E-state index in [1.165, 1.54) is 4.90 Å². The zero-order valence-corrected chi connectivity index (χ0v) is 10.5. The van der Waals surface area contributed by atoms with Crippen LogP contribution in [0.4, 0.5) is 10.5 Å². The Morgan fingerprint density at radius 2 is 2.00 bits per heavy atom. The molecule has 0 aromatic heterocycles. The predicted octanol–water partition coefficient (Wildman–Crippen LogP) is 1.89. The number of hydrogen-bond acceptors (Lipinski definition) is 3. The van der Waals surface area contributed by atoms with E-state index in [9.17, 15) is 4.79 Å². The van der Waals surface area contributed by atoms with Crippen LogP contribution in [0.1, 0.15) is 6.42 Å². The first kappa shape index (κ1) is 12.5. The van der Waals surface area contributed by atoms with Crippen molar-refractivity contribution < 1.29 is 14.6 Å². The number of nitrogens with zero attached hydrogens (tertiary/aromatic N) is 2. The maximum absolute atomic E-state index is 11.0. The Kier molecular flexibility index (Phi) is 3.92. The van der Waals surface area contributed by atoms with Gasteiger partial charge in [-0.2, -0.15) is 0 Å². The van der Waals surface area contributed by atoms with Crippen molar-refractivity contribution in [2.24, 2.45) is 0 Å². The van der Waals surface area contributed by atoms with Gasteiger partial charge in [0.2, 0.25) is 0 Å². The summed E-state index contributed by atoms with van der Waals surface area (Å²) in [5, 5.41) is 9.00. The molecular weight excluding hydrogens is 232 g/mol. The summed E-state index contributed by atoms with van der Waals surface area (Å²) in [6, 6.07) is 7.84. The van der Waals surface area contributed by atoms with E-state index in [0.717, 1.165) is 24.4 Å². The number of hydrogen-bond donors (Lipinski definition) is 1. The van der Waals surface area contributed by atoms with Gasteiger partial charge in [-0.05, 0) is 18.6 Å². The van der Waals surface area contributed by atoms with Gasteiger partial charge in [0.25, 0.3) is 0 Å².